The molecule has 4 rings (SSSR count). The molecule has 0 aromatic heterocycles. The largest absolute Gasteiger partial charge is 0.481 e. The predicted molar refractivity (Wildman–Crippen MR) is 117 cm³/mol. The molecule has 3 aromatic rings. The van der Waals surface area contributed by atoms with Crippen LogP contribution in [-0.2, 0) is 16.0 Å². The Morgan fingerprint density at radius 3 is 2.57 bits per heavy atom. The molecule has 30 heavy (non-hydrogen) atoms. The number of halogens is 1. The molecule has 0 bridgehead atoms. The zero-order valence-electron chi connectivity index (χ0n) is 15.8. The van der Waals surface area contributed by atoms with Gasteiger partial charge < -0.3 is 10.4 Å². The van der Waals surface area contributed by atoms with Crippen LogP contribution in [0.2, 0.25) is 0 Å². The van der Waals surface area contributed by atoms with Gasteiger partial charge in [0.2, 0.25) is 0 Å². The molecule has 0 unspecified atom stereocenters. The molecule has 1 amide bonds. The van der Waals surface area contributed by atoms with E-state index in [0.717, 1.165) is 21.9 Å². The number of nitrogens with zero attached hydrogens (tertiary/aromatic N) is 1. The second kappa shape index (κ2) is 8.51. The van der Waals surface area contributed by atoms with Crippen LogP contribution in [0.3, 0.4) is 0 Å². The van der Waals surface area contributed by atoms with Crippen LogP contribution in [0.5, 0.6) is 0 Å². The lowest BCUT2D eigenvalue weighted by Gasteiger charge is -2.01. The highest BCUT2D eigenvalue weighted by molar-refractivity contribution is 8.18. The Balaban J connectivity index is 1.49. The van der Waals surface area contributed by atoms with E-state index < -0.39 is 5.97 Å². The molecule has 0 atom stereocenters. The Kier molecular flexibility index (Phi) is 5.63. The first-order valence-corrected chi connectivity index (χ1v) is 10.1. The summed E-state index contributed by atoms with van der Waals surface area (Å²) in [7, 11) is 0. The van der Waals surface area contributed by atoms with Gasteiger partial charge in [-0.25, -0.2) is 9.38 Å². The predicted octanol–water partition coefficient (Wildman–Crippen LogP) is 4.89. The van der Waals surface area contributed by atoms with Crippen molar-refractivity contribution in [2.75, 3.05) is 0 Å². The molecular weight excluding hydrogens is 403 g/mol. The van der Waals surface area contributed by atoms with Gasteiger partial charge in [-0.2, -0.15) is 0 Å². The fraction of sp³-hybridized carbons (Fsp3) is 0.0870. The van der Waals surface area contributed by atoms with Gasteiger partial charge in [-0.3, -0.25) is 9.59 Å². The quantitative estimate of drug-likeness (QED) is 0.576. The van der Waals surface area contributed by atoms with E-state index in [9.17, 15) is 14.0 Å². The summed E-state index contributed by atoms with van der Waals surface area (Å²) in [6.45, 7) is 0. The molecule has 1 heterocycles. The van der Waals surface area contributed by atoms with E-state index in [-0.39, 0.29) is 18.1 Å². The second-order valence-electron chi connectivity index (χ2n) is 6.79. The first-order chi connectivity index (χ1) is 14.5. The van der Waals surface area contributed by atoms with Crippen molar-refractivity contribution in [3.63, 3.8) is 0 Å². The first-order valence-electron chi connectivity index (χ1n) is 9.26. The van der Waals surface area contributed by atoms with Gasteiger partial charge in [-0.15, -0.1) is 0 Å². The molecule has 1 fully saturated rings. The van der Waals surface area contributed by atoms with E-state index in [2.05, 4.69) is 10.3 Å². The van der Waals surface area contributed by atoms with Gasteiger partial charge in [0, 0.05) is 6.42 Å². The lowest BCUT2D eigenvalue weighted by Crippen LogP contribution is -2.19. The molecule has 1 aliphatic heterocycles. The highest BCUT2D eigenvalue weighted by Crippen LogP contribution is 2.29. The van der Waals surface area contributed by atoms with Crippen molar-refractivity contribution >= 4 is 51.3 Å². The molecule has 1 aliphatic rings. The molecule has 7 heteroatoms. The number of aliphatic carboxylic acids is 1. The summed E-state index contributed by atoms with van der Waals surface area (Å²) >= 11 is 1.25. The van der Waals surface area contributed by atoms with Crippen molar-refractivity contribution < 1.29 is 19.1 Å². The Bertz CT molecular complexity index is 1200. The number of rotatable bonds is 5. The zero-order chi connectivity index (χ0) is 21.1. The summed E-state index contributed by atoms with van der Waals surface area (Å²) in [5.74, 6) is -1.34. The number of carbonyl (C=O) groups is 2. The van der Waals surface area contributed by atoms with Crippen molar-refractivity contribution in [2.45, 2.75) is 12.8 Å². The summed E-state index contributed by atoms with van der Waals surface area (Å²) in [4.78, 5) is 27.9. The third-order valence-corrected chi connectivity index (χ3v) is 5.48. The number of benzene rings is 3. The fourth-order valence-electron chi connectivity index (χ4n) is 3.06. The van der Waals surface area contributed by atoms with Crippen LogP contribution in [0.15, 0.2) is 70.6 Å². The molecule has 0 radical (unpaired) electrons. The van der Waals surface area contributed by atoms with Gasteiger partial charge in [-0.05, 0) is 76.5 Å². The van der Waals surface area contributed by atoms with Crippen molar-refractivity contribution in [3.05, 3.63) is 82.5 Å². The number of fused-ring (bicyclic) bond motifs is 1. The maximum Gasteiger partial charge on any atom is 0.303 e. The van der Waals surface area contributed by atoms with E-state index >= 15 is 0 Å². The molecule has 0 saturated carbocycles. The van der Waals surface area contributed by atoms with Gasteiger partial charge in [0.25, 0.3) is 5.91 Å². The Labute approximate surface area is 176 Å². The number of carboxylic acids is 1. The number of aliphatic imine (C=N–C) groups is 1. The van der Waals surface area contributed by atoms with Crippen molar-refractivity contribution in [2.24, 2.45) is 4.99 Å². The molecular formula is C23H17FN2O3S. The van der Waals surface area contributed by atoms with Crippen LogP contribution in [-0.4, -0.2) is 22.2 Å². The Morgan fingerprint density at radius 1 is 1.07 bits per heavy atom. The normalized spacial score (nSPS) is 16.4. The van der Waals surface area contributed by atoms with Crippen LogP contribution in [0.1, 0.15) is 17.5 Å². The number of nitrogens with one attached hydrogen (secondary N) is 1. The molecule has 5 nitrogen and oxygen atoms in total. The number of hydrogen-bond donors (Lipinski definition) is 2. The second-order valence-corrected chi connectivity index (χ2v) is 7.82. The fourth-order valence-corrected chi connectivity index (χ4v) is 3.90. The van der Waals surface area contributed by atoms with Crippen LogP contribution in [0.25, 0.3) is 16.8 Å². The minimum Gasteiger partial charge on any atom is -0.481 e. The lowest BCUT2D eigenvalue weighted by molar-refractivity contribution is -0.137. The topological polar surface area (TPSA) is 78.8 Å². The molecule has 2 N–H and O–H groups in total. The third-order valence-electron chi connectivity index (χ3n) is 4.57. The van der Waals surface area contributed by atoms with Crippen molar-refractivity contribution in [1.82, 2.24) is 5.32 Å². The number of amides is 1. The van der Waals surface area contributed by atoms with Crippen LogP contribution in [0.4, 0.5) is 10.1 Å². The average molecular weight is 420 g/mol. The summed E-state index contributed by atoms with van der Waals surface area (Å²) in [6.07, 6.45) is 2.32. The summed E-state index contributed by atoms with van der Waals surface area (Å²) in [5, 5.41) is 13.7. The minimum atomic E-state index is -0.831. The van der Waals surface area contributed by atoms with Crippen molar-refractivity contribution in [3.8, 4) is 0 Å². The molecule has 1 saturated heterocycles. The van der Waals surface area contributed by atoms with Gasteiger partial charge in [0.15, 0.2) is 5.17 Å². The summed E-state index contributed by atoms with van der Waals surface area (Å²) in [6, 6.07) is 17.4. The lowest BCUT2D eigenvalue weighted by atomic mass is 10.1. The molecule has 3 aromatic carbocycles. The van der Waals surface area contributed by atoms with Crippen LogP contribution < -0.4 is 5.32 Å². The molecule has 0 spiro atoms. The first kappa shape index (κ1) is 19.8. The van der Waals surface area contributed by atoms with Gasteiger partial charge in [0.05, 0.1) is 10.6 Å². The number of hydrogen-bond acceptors (Lipinski definition) is 4. The number of carbonyl (C=O) groups excluding carboxylic acids is 1. The summed E-state index contributed by atoms with van der Waals surface area (Å²) in [5.41, 5.74) is 2.43. The number of carboxylic acid groups (broad SMARTS) is 1. The Hall–Kier alpha value is -3.45. The third kappa shape index (κ3) is 4.75. The molecule has 0 aliphatic carbocycles. The minimum absolute atomic E-state index is 0.0810. The van der Waals surface area contributed by atoms with Gasteiger partial charge >= 0.3 is 5.97 Å². The number of amidine groups is 1. The summed E-state index contributed by atoms with van der Waals surface area (Å²) < 4.78 is 13.3. The molecule has 150 valence electrons. The smallest absolute Gasteiger partial charge is 0.303 e. The monoisotopic (exact) mass is 420 g/mol. The van der Waals surface area contributed by atoms with Crippen LogP contribution in [0, 0.1) is 5.82 Å². The van der Waals surface area contributed by atoms with Gasteiger partial charge in [-0.1, -0.05) is 30.3 Å². The van der Waals surface area contributed by atoms with Gasteiger partial charge in [0.1, 0.15) is 5.82 Å². The number of thioether (sulfide) groups is 1. The average Bonchev–Trinajstić information content (AvgIpc) is 3.06. The van der Waals surface area contributed by atoms with Crippen LogP contribution >= 0.6 is 11.8 Å². The number of aryl methyl sites for hydroxylation is 1. The van der Waals surface area contributed by atoms with E-state index in [1.165, 1.54) is 23.9 Å². The zero-order valence-corrected chi connectivity index (χ0v) is 16.6. The van der Waals surface area contributed by atoms with Crippen molar-refractivity contribution in [1.29, 1.82) is 0 Å². The highest BCUT2D eigenvalue weighted by Gasteiger charge is 2.23. The SMILES string of the molecule is O=C(O)CCc1ccc(N=C2NC(=O)C(=Cc3ccc4cc(F)ccc4c3)S2)cc1. The Morgan fingerprint density at radius 2 is 1.80 bits per heavy atom. The maximum absolute atomic E-state index is 13.3. The van der Waals surface area contributed by atoms with E-state index in [1.807, 2.05) is 30.3 Å². The highest BCUT2D eigenvalue weighted by atomic mass is 32.2. The maximum atomic E-state index is 13.3. The van der Waals surface area contributed by atoms with E-state index in [4.69, 9.17) is 5.11 Å². The van der Waals surface area contributed by atoms with E-state index in [1.54, 1.807) is 24.3 Å². The standard InChI is InChI=1S/C23H17FN2O3S/c24-18-7-6-16-11-15(1-5-17(16)13-18)12-20-22(29)26-23(30-20)25-19-8-2-14(3-9-19)4-10-21(27)28/h1-3,5-9,11-13H,4,10H2,(H,27,28)(H,25,26,29). The van der Waals surface area contributed by atoms with E-state index in [0.29, 0.717) is 22.2 Å².